The first kappa shape index (κ1) is 16.3. The Balaban J connectivity index is 2.04. The molecule has 0 aliphatic rings. The molecule has 1 heterocycles. The van der Waals surface area contributed by atoms with Crippen molar-refractivity contribution >= 4 is 55.2 Å². The van der Waals surface area contributed by atoms with Crippen LogP contribution in [0.5, 0.6) is 5.75 Å². The average Bonchev–Trinajstić information content (AvgIpc) is 2.92. The molecule has 0 unspecified atom stereocenters. The van der Waals surface area contributed by atoms with Crippen LogP contribution in [0, 0.1) is 0 Å². The van der Waals surface area contributed by atoms with Gasteiger partial charge in [-0.2, -0.15) is 0 Å². The van der Waals surface area contributed by atoms with Crippen LogP contribution in [0.15, 0.2) is 44.7 Å². The second kappa shape index (κ2) is 7.77. The Morgan fingerprint density at radius 3 is 2.62 bits per heavy atom. The SMILES string of the molecule is O=C(O)/C=C/c1cc(Br)c(OCCc2cccs2)c(Br)c1. The monoisotopic (exact) mass is 430 g/mol. The van der Waals surface area contributed by atoms with E-state index in [1.807, 2.05) is 23.6 Å². The molecular formula is C15H12Br2O3S. The van der Waals surface area contributed by atoms with Gasteiger partial charge in [0.05, 0.1) is 15.6 Å². The van der Waals surface area contributed by atoms with Gasteiger partial charge < -0.3 is 9.84 Å². The predicted octanol–water partition coefficient (Wildman–Crippen LogP) is 4.99. The Morgan fingerprint density at radius 2 is 2.05 bits per heavy atom. The van der Waals surface area contributed by atoms with Crippen LogP contribution < -0.4 is 4.74 Å². The van der Waals surface area contributed by atoms with Crippen molar-refractivity contribution in [1.82, 2.24) is 0 Å². The van der Waals surface area contributed by atoms with Gasteiger partial charge in [0, 0.05) is 17.4 Å². The number of aliphatic carboxylic acids is 1. The normalized spacial score (nSPS) is 11.0. The van der Waals surface area contributed by atoms with Crippen LogP contribution in [-0.4, -0.2) is 17.7 Å². The Kier molecular flexibility index (Phi) is 6.02. The molecule has 1 aromatic heterocycles. The molecule has 110 valence electrons. The second-order valence-corrected chi connectivity index (χ2v) is 6.90. The first-order chi connectivity index (χ1) is 10.1. The molecule has 0 saturated carbocycles. The molecule has 0 amide bonds. The summed E-state index contributed by atoms with van der Waals surface area (Å²) in [4.78, 5) is 11.8. The summed E-state index contributed by atoms with van der Waals surface area (Å²) in [5.41, 5.74) is 0.779. The van der Waals surface area contributed by atoms with Crippen LogP contribution in [0.1, 0.15) is 10.4 Å². The molecule has 0 aliphatic heterocycles. The topological polar surface area (TPSA) is 46.5 Å². The fourth-order valence-corrected chi connectivity index (χ4v) is 3.83. The molecule has 0 radical (unpaired) electrons. The minimum absolute atomic E-state index is 0.585. The molecule has 21 heavy (non-hydrogen) atoms. The lowest BCUT2D eigenvalue weighted by Crippen LogP contribution is -2.01. The summed E-state index contributed by atoms with van der Waals surface area (Å²) in [5.74, 6) is -0.252. The molecule has 1 aromatic carbocycles. The van der Waals surface area contributed by atoms with E-state index in [2.05, 4.69) is 37.9 Å². The standard InChI is InChI=1S/C15H12Br2O3S/c16-12-8-10(3-4-14(18)19)9-13(17)15(12)20-6-5-11-2-1-7-21-11/h1-4,7-9H,5-6H2,(H,18,19)/b4-3+. The molecule has 2 aromatic rings. The van der Waals surface area contributed by atoms with Crippen LogP contribution in [0.2, 0.25) is 0 Å². The van der Waals surface area contributed by atoms with Gasteiger partial charge >= 0.3 is 5.97 Å². The molecule has 0 bridgehead atoms. The van der Waals surface area contributed by atoms with Crippen molar-refractivity contribution < 1.29 is 14.6 Å². The molecular weight excluding hydrogens is 420 g/mol. The molecule has 1 N–H and O–H groups in total. The van der Waals surface area contributed by atoms with Gasteiger partial charge in [-0.1, -0.05) is 6.07 Å². The van der Waals surface area contributed by atoms with Crippen molar-refractivity contribution in [2.24, 2.45) is 0 Å². The number of carbonyl (C=O) groups is 1. The maximum atomic E-state index is 10.5. The van der Waals surface area contributed by atoms with Crippen molar-refractivity contribution in [3.63, 3.8) is 0 Å². The smallest absolute Gasteiger partial charge is 0.328 e. The fraction of sp³-hybridized carbons (Fsp3) is 0.133. The van der Waals surface area contributed by atoms with E-state index in [0.29, 0.717) is 6.61 Å². The van der Waals surface area contributed by atoms with E-state index < -0.39 is 5.97 Å². The maximum Gasteiger partial charge on any atom is 0.328 e. The number of benzene rings is 1. The number of thiophene rings is 1. The highest BCUT2D eigenvalue weighted by molar-refractivity contribution is 9.11. The van der Waals surface area contributed by atoms with Crippen molar-refractivity contribution in [1.29, 1.82) is 0 Å². The number of ether oxygens (including phenoxy) is 1. The van der Waals surface area contributed by atoms with E-state index in [1.54, 1.807) is 11.3 Å². The van der Waals surface area contributed by atoms with E-state index in [9.17, 15) is 4.79 Å². The number of hydrogen-bond acceptors (Lipinski definition) is 3. The van der Waals surface area contributed by atoms with Crippen LogP contribution in [0.25, 0.3) is 6.08 Å². The van der Waals surface area contributed by atoms with E-state index in [-0.39, 0.29) is 0 Å². The number of halogens is 2. The Bertz CT molecular complexity index is 628. The minimum atomic E-state index is -0.974. The number of carboxylic acid groups (broad SMARTS) is 1. The largest absolute Gasteiger partial charge is 0.491 e. The van der Waals surface area contributed by atoms with Crippen LogP contribution >= 0.6 is 43.2 Å². The maximum absolute atomic E-state index is 10.5. The fourth-order valence-electron chi connectivity index (χ4n) is 1.69. The van der Waals surface area contributed by atoms with Gasteiger partial charge in [0.15, 0.2) is 0 Å². The van der Waals surface area contributed by atoms with Crippen molar-refractivity contribution in [2.75, 3.05) is 6.61 Å². The average molecular weight is 432 g/mol. The summed E-state index contributed by atoms with van der Waals surface area (Å²) in [6.45, 7) is 0.585. The third-order valence-electron chi connectivity index (χ3n) is 2.61. The lowest BCUT2D eigenvalue weighted by Gasteiger charge is -2.11. The van der Waals surface area contributed by atoms with Gasteiger partial charge in [-0.05, 0) is 67.1 Å². The molecule has 0 atom stereocenters. The summed E-state index contributed by atoms with van der Waals surface area (Å²) in [6, 6.07) is 7.75. The zero-order valence-electron chi connectivity index (χ0n) is 10.9. The van der Waals surface area contributed by atoms with E-state index in [0.717, 1.165) is 32.8 Å². The van der Waals surface area contributed by atoms with Gasteiger partial charge in [0.2, 0.25) is 0 Å². The lowest BCUT2D eigenvalue weighted by atomic mass is 10.2. The summed E-state index contributed by atoms with van der Waals surface area (Å²) < 4.78 is 7.36. The van der Waals surface area contributed by atoms with E-state index in [1.165, 1.54) is 11.0 Å². The molecule has 0 aliphatic carbocycles. The number of hydrogen-bond donors (Lipinski definition) is 1. The van der Waals surface area contributed by atoms with Crippen molar-refractivity contribution in [3.8, 4) is 5.75 Å². The second-order valence-electron chi connectivity index (χ2n) is 4.16. The van der Waals surface area contributed by atoms with Crippen molar-refractivity contribution in [3.05, 3.63) is 55.1 Å². The minimum Gasteiger partial charge on any atom is -0.491 e. The molecule has 0 saturated heterocycles. The predicted molar refractivity (Wildman–Crippen MR) is 92.0 cm³/mol. The molecule has 6 heteroatoms. The molecule has 2 rings (SSSR count). The van der Waals surface area contributed by atoms with E-state index in [4.69, 9.17) is 9.84 Å². The molecule has 0 fully saturated rings. The number of carboxylic acids is 1. The molecule has 3 nitrogen and oxygen atoms in total. The van der Waals surface area contributed by atoms with Gasteiger partial charge in [0.25, 0.3) is 0 Å². The number of rotatable bonds is 6. The third kappa shape index (κ3) is 4.98. The van der Waals surface area contributed by atoms with Crippen LogP contribution in [-0.2, 0) is 11.2 Å². The highest BCUT2D eigenvalue weighted by Crippen LogP contribution is 2.35. The lowest BCUT2D eigenvalue weighted by molar-refractivity contribution is -0.131. The van der Waals surface area contributed by atoms with Crippen LogP contribution in [0.4, 0.5) is 0 Å². The zero-order valence-corrected chi connectivity index (χ0v) is 14.9. The summed E-state index contributed by atoms with van der Waals surface area (Å²) >= 11 is 8.61. The highest BCUT2D eigenvalue weighted by atomic mass is 79.9. The van der Waals surface area contributed by atoms with Crippen LogP contribution in [0.3, 0.4) is 0 Å². The Labute approximate surface area is 143 Å². The van der Waals surface area contributed by atoms with Gasteiger partial charge in [-0.15, -0.1) is 11.3 Å². The summed E-state index contributed by atoms with van der Waals surface area (Å²) in [5, 5.41) is 10.7. The van der Waals surface area contributed by atoms with E-state index >= 15 is 0 Å². The summed E-state index contributed by atoms with van der Waals surface area (Å²) in [6.07, 6.45) is 3.50. The van der Waals surface area contributed by atoms with Crippen molar-refractivity contribution in [2.45, 2.75) is 6.42 Å². The highest BCUT2D eigenvalue weighted by Gasteiger charge is 2.08. The zero-order chi connectivity index (χ0) is 15.2. The third-order valence-corrected chi connectivity index (χ3v) is 4.73. The Morgan fingerprint density at radius 1 is 1.33 bits per heavy atom. The first-order valence-corrected chi connectivity index (χ1v) is 8.58. The quantitative estimate of drug-likeness (QED) is 0.655. The molecule has 0 spiro atoms. The van der Waals surface area contributed by atoms with Gasteiger partial charge in [-0.3, -0.25) is 0 Å². The van der Waals surface area contributed by atoms with Gasteiger partial charge in [-0.25, -0.2) is 4.79 Å². The first-order valence-electron chi connectivity index (χ1n) is 6.11. The van der Waals surface area contributed by atoms with Gasteiger partial charge in [0.1, 0.15) is 5.75 Å². The summed E-state index contributed by atoms with van der Waals surface area (Å²) in [7, 11) is 0. The Hall–Kier alpha value is -1.11.